The molecule has 6 nitrogen and oxygen atoms in total. The highest BCUT2D eigenvalue weighted by atomic mass is 16.5. The van der Waals surface area contributed by atoms with Gasteiger partial charge in [0, 0.05) is 12.8 Å². The van der Waals surface area contributed by atoms with Crippen molar-refractivity contribution in [1.29, 1.82) is 0 Å². The van der Waals surface area contributed by atoms with Crippen molar-refractivity contribution in [3.05, 3.63) is 12.2 Å². The summed E-state index contributed by atoms with van der Waals surface area (Å²) in [5.74, 6) is -0.0357. The number of aliphatic hydroxyl groups excluding tert-OH is 2. The second-order valence-electron chi connectivity index (χ2n) is 20.3. The Labute approximate surface area is 406 Å². The Morgan fingerprint density at radius 2 is 0.723 bits per heavy atom. The summed E-state index contributed by atoms with van der Waals surface area (Å²) in [4.78, 5) is 24.5. The van der Waals surface area contributed by atoms with Crippen molar-refractivity contribution in [2.24, 2.45) is 0 Å². The van der Waals surface area contributed by atoms with Crippen molar-refractivity contribution in [2.45, 2.75) is 341 Å². The number of carbonyl (C=O) groups is 2. The summed E-state index contributed by atoms with van der Waals surface area (Å²) in [5.41, 5.74) is 0. The molecule has 386 valence electrons. The highest BCUT2D eigenvalue weighted by molar-refractivity contribution is 5.76. The molecule has 0 saturated heterocycles. The fourth-order valence-electron chi connectivity index (χ4n) is 9.28. The van der Waals surface area contributed by atoms with E-state index >= 15 is 0 Å². The second kappa shape index (κ2) is 55.2. The van der Waals surface area contributed by atoms with Crippen molar-refractivity contribution < 1.29 is 24.5 Å². The van der Waals surface area contributed by atoms with E-state index in [0.717, 1.165) is 38.5 Å². The largest absolute Gasteiger partial charge is 0.466 e. The van der Waals surface area contributed by atoms with Gasteiger partial charge in [-0.05, 0) is 51.4 Å². The maximum atomic E-state index is 12.5. The third kappa shape index (κ3) is 51.8. The van der Waals surface area contributed by atoms with Crippen molar-refractivity contribution >= 4 is 11.9 Å². The normalized spacial score (nSPS) is 12.6. The highest BCUT2D eigenvalue weighted by Gasteiger charge is 2.20. The number of rotatable bonds is 55. The van der Waals surface area contributed by atoms with Gasteiger partial charge in [0.2, 0.25) is 5.91 Å². The van der Waals surface area contributed by atoms with Crippen LogP contribution in [0.15, 0.2) is 12.2 Å². The molecular weight excluding hydrogens is 803 g/mol. The molecule has 3 N–H and O–H groups in total. The second-order valence-corrected chi connectivity index (χ2v) is 20.3. The molecular formula is C59H115NO5. The predicted octanol–water partition coefficient (Wildman–Crippen LogP) is 18.1. The molecule has 0 fully saturated rings. The molecule has 1 amide bonds. The van der Waals surface area contributed by atoms with Crippen molar-refractivity contribution in [3.63, 3.8) is 0 Å². The van der Waals surface area contributed by atoms with Gasteiger partial charge >= 0.3 is 5.97 Å². The van der Waals surface area contributed by atoms with Crippen LogP contribution in [0, 0.1) is 0 Å². The standard InChI is InChI=1S/C59H115NO5/c1-3-5-7-9-11-13-15-17-24-27-31-35-39-43-47-51-57(62)56(55-61)60-58(63)52-48-44-40-36-32-28-25-22-20-19-21-23-26-30-34-38-42-46-50-54-65-59(64)53-49-45-41-37-33-29-18-16-14-12-10-8-6-4-2/h19-20,56-57,61-62H,3-18,21-55H2,1-2H3,(H,60,63)/b20-19-. The summed E-state index contributed by atoms with van der Waals surface area (Å²) in [5, 5.41) is 23.3. The Hall–Kier alpha value is -1.40. The maximum absolute atomic E-state index is 12.5. The van der Waals surface area contributed by atoms with E-state index in [2.05, 4.69) is 31.3 Å². The molecule has 0 aliphatic heterocycles. The van der Waals surface area contributed by atoms with Gasteiger partial charge in [-0.1, -0.05) is 276 Å². The molecule has 0 radical (unpaired) electrons. The lowest BCUT2D eigenvalue weighted by atomic mass is 10.0. The first-order valence-corrected chi connectivity index (χ1v) is 29.4. The van der Waals surface area contributed by atoms with E-state index in [1.165, 1.54) is 257 Å². The summed E-state index contributed by atoms with van der Waals surface area (Å²) in [6, 6.07) is -0.547. The van der Waals surface area contributed by atoms with Gasteiger partial charge in [0.15, 0.2) is 0 Å². The summed E-state index contributed by atoms with van der Waals surface area (Å²) < 4.78 is 5.48. The Balaban J connectivity index is 3.42. The van der Waals surface area contributed by atoms with Crippen molar-refractivity contribution in [2.75, 3.05) is 13.2 Å². The molecule has 0 aliphatic rings. The number of nitrogens with one attached hydrogen (secondary N) is 1. The van der Waals surface area contributed by atoms with E-state index in [4.69, 9.17) is 4.74 Å². The van der Waals surface area contributed by atoms with Gasteiger partial charge in [0.05, 0.1) is 25.4 Å². The summed E-state index contributed by atoms with van der Waals surface area (Å²) in [6.07, 6.45) is 64.9. The number of aliphatic hydroxyl groups is 2. The monoisotopic (exact) mass is 918 g/mol. The van der Waals surface area contributed by atoms with Gasteiger partial charge < -0.3 is 20.3 Å². The lowest BCUT2D eigenvalue weighted by Crippen LogP contribution is -2.45. The Morgan fingerprint density at radius 3 is 1.09 bits per heavy atom. The van der Waals surface area contributed by atoms with Gasteiger partial charge in [0.1, 0.15) is 0 Å². The maximum Gasteiger partial charge on any atom is 0.305 e. The molecule has 0 spiro atoms. The number of hydrogen-bond acceptors (Lipinski definition) is 5. The van der Waals surface area contributed by atoms with Crippen LogP contribution >= 0.6 is 0 Å². The smallest absolute Gasteiger partial charge is 0.305 e. The SMILES string of the molecule is CCCCCCCCCCCCCCCCCC(O)C(CO)NC(=O)CCCCCCCCC/C=C\CCCCCCCCCCOC(=O)CCCCCCCCCCCCCCCC. The molecule has 0 heterocycles. The zero-order chi connectivity index (χ0) is 47.2. The number of allylic oxidation sites excluding steroid dienone is 2. The Morgan fingerprint density at radius 1 is 0.415 bits per heavy atom. The predicted molar refractivity (Wildman–Crippen MR) is 283 cm³/mol. The van der Waals surface area contributed by atoms with E-state index in [1.807, 2.05) is 0 Å². The van der Waals surface area contributed by atoms with Crippen molar-refractivity contribution in [1.82, 2.24) is 5.32 Å². The summed E-state index contributed by atoms with van der Waals surface area (Å²) in [7, 11) is 0. The number of hydrogen-bond donors (Lipinski definition) is 3. The van der Waals surface area contributed by atoms with Gasteiger partial charge in [-0.25, -0.2) is 0 Å². The first-order valence-electron chi connectivity index (χ1n) is 29.4. The van der Waals surface area contributed by atoms with Crippen molar-refractivity contribution in [3.8, 4) is 0 Å². The average molecular weight is 919 g/mol. The van der Waals surface area contributed by atoms with E-state index in [-0.39, 0.29) is 18.5 Å². The molecule has 0 saturated carbocycles. The van der Waals surface area contributed by atoms with Crippen LogP contribution in [0.3, 0.4) is 0 Å². The van der Waals surface area contributed by atoms with E-state index in [9.17, 15) is 19.8 Å². The fourth-order valence-corrected chi connectivity index (χ4v) is 9.28. The molecule has 0 aliphatic carbocycles. The van der Waals surface area contributed by atoms with Crippen LogP contribution in [0.2, 0.25) is 0 Å². The van der Waals surface area contributed by atoms with Gasteiger partial charge in [-0.3, -0.25) is 9.59 Å². The number of amides is 1. The van der Waals surface area contributed by atoms with Crippen LogP contribution in [-0.2, 0) is 14.3 Å². The Kier molecular flexibility index (Phi) is 54.0. The molecule has 0 aromatic rings. The minimum Gasteiger partial charge on any atom is -0.466 e. The van der Waals surface area contributed by atoms with E-state index in [1.54, 1.807) is 0 Å². The average Bonchev–Trinajstić information content (AvgIpc) is 3.31. The third-order valence-corrected chi connectivity index (χ3v) is 13.8. The zero-order valence-electron chi connectivity index (χ0n) is 44.0. The number of carbonyl (C=O) groups excluding carboxylic acids is 2. The molecule has 0 rings (SSSR count). The van der Waals surface area contributed by atoms with Crippen LogP contribution in [-0.4, -0.2) is 47.4 Å². The lowest BCUT2D eigenvalue weighted by molar-refractivity contribution is -0.143. The molecule has 2 unspecified atom stereocenters. The summed E-state index contributed by atoms with van der Waals surface area (Å²) >= 11 is 0. The van der Waals surface area contributed by atoms with Crippen LogP contribution in [0.4, 0.5) is 0 Å². The zero-order valence-corrected chi connectivity index (χ0v) is 44.0. The topological polar surface area (TPSA) is 95.9 Å². The molecule has 0 aromatic carbocycles. The molecule has 2 atom stereocenters. The number of ether oxygens (including phenoxy) is 1. The van der Waals surface area contributed by atoms with Gasteiger partial charge in [-0.15, -0.1) is 0 Å². The van der Waals surface area contributed by atoms with Gasteiger partial charge in [0.25, 0.3) is 0 Å². The van der Waals surface area contributed by atoms with Crippen LogP contribution in [0.25, 0.3) is 0 Å². The third-order valence-electron chi connectivity index (χ3n) is 13.8. The molecule has 65 heavy (non-hydrogen) atoms. The van der Waals surface area contributed by atoms with Crippen LogP contribution in [0.1, 0.15) is 328 Å². The molecule has 0 aromatic heterocycles. The number of esters is 1. The first-order chi connectivity index (χ1) is 32.0. The van der Waals surface area contributed by atoms with Crippen LogP contribution in [0.5, 0.6) is 0 Å². The van der Waals surface area contributed by atoms with Crippen LogP contribution < -0.4 is 5.32 Å². The van der Waals surface area contributed by atoms with Gasteiger partial charge in [-0.2, -0.15) is 0 Å². The highest BCUT2D eigenvalue weighted by Crippen LogP contribution is 2.17. The fraction of sp³-hybridized carbons (Fsp3) is 0.932. The first kappa shape index (κ1) is 63.6. The minimum absolute atomic E-state index is 0.00677. The lowest BCUT2D eigenvalue weighted by Gasteiger charge is -2.22. The Bertz CT molecular complexity index is 970. The van der Waals surface area contributed by atoms with E-state index in [0.29, 0.717) is 25.9 Å². The molecule has 0 bridgehead atoms. The number of unbranched alkanes of at least 4 members (excludes halogenated alkanes) is 42. The summed E-state index contributed by atoms with van der Waals surface area (Å²) in [6.45, 7) is 4.96. The van der Waals surface area contributed by atoms with E-state index < -0.39 is 12.1 Å². The quantitative estimate of drug-likeness (QED) is 0.0321. The molecule has 6 heteroatoms. The minimum atomic E-state index is -0.669.